The second kappa shape index (κ2) is 9.42. The van der Waals surface area contributed by atoms with Gasteiger partial charge < -0.3 is 15.4 Å². The van der Waals surface area contributed by atoms with E-state index >= 15 is 0 Å². The highest BCUT2D eigenvalue weighted by Crippen LogP contribution is 2.36. The summed E-state index contributed by atoms with van der Waals surface area (Å²) in [5, 5.41) is 4.71. The van der Waals surface area contributed by atoms with Crippen LogP contribution in [0.4, 0.5) is 10.2 Å². The fraction of sp³-hybridized carbons (Fsp3) is 0.364. The van der Waals surface area contributed by atoms with Gasteiger partial charge in [-0.1, -0.05) is 23.2 Å². The molecule has 0 radical (unpaired) electrons. The molecule has 31 heavy (non-hydrogen) atoms. The summed E-state index contributed by atoms with van der Waals surface area (Å²) in [5.41, 5.74) is 8.11. The van der Waals surface area contributed by atoms with Crippen molar-refractivity contribution < 1.29 is 9.13 Å². The number of pyridine rings is 1. The molecule has 2 aromatic heterocycles. The number of ether oxygens (including phenoxy) is 1. The van der Waals surface area contributed by atoms with Crippen LogP contribution in [-0.2, 0) is 6.54 Å². The van der Waals surface area contributed by atoms with E-state index in [1.807, 2.05) is 10.9 Å². The van der Waals surface area contributed by atoms with E-state index in [2.05, 4.69) is 15.0 Å². The third-order valence-electron chi connectivity index (χ3n) is 5.48. The van der Waals surface area contributed by atoms with Crippen LogP contribution < -0.4 is 10.5 Å². The minimum Gasteiger partial charge on any atom is -0.482 e. The van der Waals surface area contributed by atoms with Gasteiger partial charge in [-0.2, -0.15) is 5.10 Å². The molecule has 9 heteroatoms. The van der Waals surface area contributed by atoms with E-state index < -0.39 is 11.9 Å². The fourth-order valence-electron chi connectivity index (χ4n) is 3.76. The van der Waals surface area contributed by atoms with Gasteiger partial charge in [0.15, 0.2) is 11.6 Å². The highest BCUT2D eigenvalue weighted by Gasteiger charge is 2.20. The second-order valence-corrected chi connectivity index (χ2v) is 8.45. The van der Waals surface area contributed by atoms with Crippen LogP contribution in [-0.4, -0.2) is 39.3 Å². The van der Waals surface area contributed by atoms with E-state index in [0.717, 1.165) is 37.3 Å². The number of anilines is 1. The Hall–Kier alpha value is -2.35. The van der Waals surface area contributed by atoms with E-state index in [9.17, 15) is 4.39 Å². The van der Waals surface area contributed by atoms with Gasteiger partial charge in [0.25, 0.3) is 0 Å². The van der Waals surface area contributed by atoms with E-state index in [4.69, 9.17) is 33.7 Å². The molecule has 0 amide bonds. The van der Waals surface area contributed by atoms with Gasteiger partial charge in [-0.25, -0.2) is 9.37 Å². The smallest absolute Gasteiger partial charge is 0.166 e. The summed E-state index contributed by atoms with van der Waals surface area (Å²) in [6, 6.07) is 4.47. The van der Waals surface area contributed by atoms with E-state index in [1.165, 1.54) is 25.0 Å². The average molecular weight is 464 g/mol. The number of nitrogens with two attached hydrogens (primary N) is 1. The van der Waals surface area contributed by atoms with Crippen molar-refractivity contribution in [1.82, 2.24) is 19.7 Å². The van der Waals surface area contributed by atoms with Gasteiger partial charge in [-0.05, 0) is 51.1 Å². The van der Waals surface area contributed by atoms with Crippen LogP contribution in [0.15, 0.2) is 36.8 Å². The Morgan fingerprint density at radius 2 is 1.94 bits per heavy atom. The maximum Gasteiger partial charge on any atom is 0.166 e. The lowest BCUT2D eigenvalue weighted by molar-refractivity contribution is 0.227. The maximum absolute atomic E-state index is 13.9. The average Bonchev–Trinajstić information content (AvgIpc) is 3.43. The zero-order valence-corrected chi connectivity index (χ0v) is 18.7. The first-order chi connectivity index (χ1) is 14.9. The number of benzene rings is 1. The van der Waals surface area contributed by atoms with Crippen LogP contribution >= 0.6 is 23.2 Å². The van der Waals surface area contributed by atoms with Crippen molar-refractivity contribution >= 4 is 29.0 Å². The number of nitrogens with zero attached hydrogens (tertiary/aromatic N) is 4. The molecule has 1 aliphatic rings. The van der Waals surface area contributed by atoms with E-state index in [-0.39, 0.29) is 10.8 Å². The molecule has 1 saturated heterocycles. The Bertz CT molecular complexity index is 1070. The Labute approximate surface area is 190 Å². The molecular weight excluding hydrogens is 440 g/mol. The normalized spacial score (nSPS) is 15.4. The highest BCUT2D eigenvalue weighted by molar-refractivity contribution is 6.36. The first kappa shape index (κ1) is 21.9. The van der Waals surface area contributed by atoms with Gasteiger partial charge >= 0.3 is 0 Å². The van der Waals surface area contributed by atoms with E-state index in [1.54, 1.807) is 25.4 Å². The quantitative estimate of drug-likeness (QED) is 0.487. The predicted molar refractivity (Wildman–Crippen MR) is 121 cm³/mol. The van der Waals surface area contributed by atoms with Crippen LogP contribution in [0, 0.1) is 5.82 Å². The molecule has 1 aliphatic heterocycles. The van der Waals surface area contributed by atoms with Crippen molar-refractivity contribution in [2.24, 2.45) is 0 Å². The molecular formula is C22H24Cl2FN5O. The van der Waals surface area contributed by atoms with Crippen molar-refractivity contribution in [3.8, 4) is 16.9 Å². The molecule has 1 atom stereocenters. The molecule has 2 N–H and O–H groups in total. The molecule has 1 aromatic carbocycles. The molecule has 3 aromatic rings. The molecule has 0 saturated carbocycles. The number of aromatic nitrogens is 3. The van der Waals surface area contributed by atoms with Crippen molar-refractivity contribution in [2.75, 3.05) is 25.4 Å². The van der Waals surface area contributed by atoms with Gasteiger partial charge in [-0.15, -0.1) is 0 Å². The zero-order valence-electron chi connectivity index (χ0n) is 17.2. The molecule has 0 spiro atoms. The molecule has 1 fully saturated rings. The number of likely N-dealkylation sites (tertiary alicyclic amines) is 1. The minimum atomic E-state index is -0.627. The number of halogens is 3. The lowest BCUT2D eigenvalue weighted by Gasteiger charge is -2.19. The molecule has 6 nitrogen and oxygen atoms in total. The maximum atomic E-state index is 13.9. The topological polar surface area (TPSA) is 69.2 Å². The number of hydrogen-bond donors (Lipinski definition) is 1. The second-order valence-electron chi connectivity index (χ2n) is 7.67. The zero-order chi connectivity index (χ0) is 22.0. The van der Waals surface area contributed by atoms with Crippen molar-refractivity contribution in [2.45, 2.75) is 32.4 Å². The molecule has 0 aliphatic carbocycles. The van der Waals surface area contributed by atoms with Gasteiger partial charge in [0.2, 0.25) is 0 Å². The Morgan fingerprint density at radius 1 is 1.16 bits per heavy atom. The summed E-state index contributed by atoms with van der Waals surface area (Å²) in [5.74, 6) is 0.0320. The summed E-state index contributed by atoms with van der Waals surface area (Å²) in [6.45, 7) is 5.87. The summed E-state index contributed by atoms with van der Waals surface area (Å²) < 4.78 is 21.8. The fourth-order valence-corrected chi connectivity index (χ4v) is 4.44. The Morgan fingerprint density at radius 3 is 2.71 bits per heavy atom. The van der Waals surface area contributed by atoms with Crippen LogP contribution in [0.25, 0.3) is 11.1 Å². The molecule has 164 valence electrons. The van der Waals surface area contributed by atoms with Crippen molar-refractivity contribution in [3.05, 3.63) is 58.2 Å². The SMILES string of the molecule is CC(Oc1cc(-c2cnn(CCN3CCCC3)c2)cnc1N)c1c(Cl)ccc(F)c1Cl. The van der Waals surface area contributed by atoms with Gasteiger partial charge in [0.1, 0.15) is 11.9 Å². The molecule has 1 unspecified atom stereocenters. The van der Waals surface area contributed by atoms with Crippen LogP contribution in [0.2, 0.25) is 10.0 Å². The lowest BCUT2D eigenvalue weighted by atomic mass is 10.1. The van der Waals surface area contributed by atoms with Gasteiger partial charge in [0.05, 0.1) is 17.8 Å². The van der Waals surface area contributed by atoms with Crippen molar-refractivity contribution in [3.63, 3.8) is 0 Å². The van der Waals surface area contributed by atoms with Gasteiger partial charge in [0, 0.05) is 40.7 Å². The highest BCUT2D eigenvalue weighted by atomic mass is 35.5. The molecule has 0 bridgehead atoms. The largest absolute Gasteiger partial charge is 0.482 e. The van der Waals surface area contributed by atoms with Crippen LogP contribution in [0.5, 0.6) is 5.75 Å². The molecule has 4 rings (SSSR count). The first-order valence-corrected chi connectivity index (χ1v) is 11.0. The van der Waals surface area contributed by atoms with E-state index in [0.29, 0.717) is 16.3 Å². The lowest BCUT2D eigenvalue weighted by Crippen LogP contribution is -2.24. The summed E-state index contributed by atoms with van der Waals surface area (Å²) >= 11 is 12.3. The Balaban J connectivity index is 1.50. The third-order valence-corrected chi connectivity index (χ3v) is 6.20. The summed E-state index contributed by atoms with van der Waals surface area (Å²) in [6.07, 6.45) is 7.38. The summed E-state index contributed by atoms with van der Waals surface area (Å²) in [4.78, 5) is 6.70. The van der Waals surface area contributed by atoms with Crippen LogP contribution in [0.1, 0.15) is 31.4 Å². The standard InChI is InChI=1S/C22H24Cl2FN5O/c1-14(20-17(23)4-5-18(25)21(20)24)31-19-10-15(11-27-22(19)26)16-12-28-30(13-16)9-8-29-6-2-3-7-29/h4-5,10-14H,2-3,6-9H2,1H3,(H2,26,27). The monoisotopic (exact) mass is 463 g/mol. The minimum absolute atomic E-state index is 0.0676. The number of hydrogen-bond acceptors (Lipinski definition) is 5. The summed E-state index contributed by atoms with van der Waals surface area (Å²) in [7, 11) is 0. The van der Waals surface area contributed by atoms with Crippen LogP contribution in [0.3, 0.4) is 0 Å². The predicted octanol–water partition coefficient (Wildman–Crippen LogP) is 5.21. The number of rotatable bonds is 7. The third kappa shape index (κ3) is 4.95. The first-order valence-electron chi connectivity index (χ1n) is 10.2. The van der Waals surface area contributed by atoms with Gasteiger partial charge in [-0.3, -0.25) is 4.68 Å². The Kier molecular flexibility index (Phi) is 6.65. The van der Waals surface area contributed by atoms with Crippen molar-refractivity contribution in [1.29, 1.82) is 0 Å². The molecule has 3 heterocycles. The number of nitrogen functional groups attached to an aromatic ring is 1.